The Morgan fingerprint density at radius 2 is 1.79 bits per heavy atom. The second-order valence-corrected chi connectivity index (χ2v) is 11.2. The Labute approximate surface area is 252 Å². The van der Waals surface area contributed by atoms with Crippen LogP contribution in [0.1, 0.15) is 58.3 Å². The first-order chi connectivity index (χ1) is 20.6. The van der Waals surface area contributed by atoms with Crippen LogP contribution in [0.15, 0.2) is 36.4 Å². The third-order valence-electron chi connectivity index (χ3n) is 6.89. The van der Waals surface area contributed by atoms with E-state index in [2.05, 4.69) is 15.5 Å². The first-order valence-corrected chi connectivity index (χ1v) is 14.8. The number of urea groups is 1. The minimum absolute atomic E-state index is 0.274. The van der Waals surface area contributed by atoms with Crippen LogP contribution in [0, 0.1) is 0 Å². The number of benzene rings is 1. The summed E-state index contributed by atoms with van der Waals surface area (Å²) in [7, 11) is 0. The van der Waals surface area contributed by atoms with Crippen molar-refractivity contribution < 1.29 is 28.6 Å². The molecule has 0 saturated carbocycles. The molecule has 1 aromatic heterocycles. The topological polar surface area (TPSA) is 135 Å². The van der Waals surface area contributed by atoms with Gasteiger partial charge in [-0.1, -0.05) is 6.08 Å². The molecule has 0 spiro atoms. The molecule has 0 aliphatic carbocycles. The van der Waals surface area contributed by atoms with Gasteiger partial charge in [-0.2, -0.15) is 0 Å². The number of fused-ring (bicyclic) bond motifs is 1. The molecule has 2 aliphatic rings. The van der Waals surface area contributed by atoms with Gasteiger partial charge in [0.2, 0.25) is 0 Å². The number of carbonyl (C=O) groups excluding carboxylic acids is 3. The molecular weight excluding hydrogens is 552 g/mol. The first-order valence-electron chi connectivity index (χ1n) is 14.8. The summed E-state index contributed by atoms with van der Waals surface area (Å²) in [6.07, 6.45) is 3.54. The second kappa shape index (κ2) is 14.3. The Morgan fingerprint density at radius 1 is 1.07 bits per heavy atom. The van der Waals surface area contributed by atoms with Gasteiger partial charge in [0, 0.05) is 49.1 Å². The molecule has 0 bridgehead atoms. The van der Waals surface area contributed by atoms with Crippen molar-refractivity contribution in [3.8, 4) is 11.4 Å². The van der Waals surface area contributed by atoms with Gasteiger partial charge in [0.05, 0.1) is 31.6 Å². The number of anilines is 2. The Morgan fingerprint density at radius 3 is 2.44 bits per heavy atom. The highest BCUT2D eigenvalue weighted by Gasteiger charge is 2.37. The van der Waals surface area contributed by atoms with E-state index in [1.165, 1.54) is 6.08 Å². The zero-order valence-corrected chi connectivity index (χ0v) is 25.6. The van der Waals surface area contributed by atoms with Gasteiger partial charge >= 0.3 is 18.1 Å². The molecule has 0 unspecified atom stereocenters. The van der Waals surface area contributed by atoms with E-state index in [-0.39, 0.29) is 12.6 Å². The van der Waals surface area contributed by atoms with Crippen molar-refractivity contribution in [3.63, 3.8) is 0 Å². The van der Waals surface area contributed by atoms with Gasteiger partial charge in [0.15, 0.2) is 5.82 Å². The van der Waals surface area contributed by atoms with Crippen LogP contribution in [0.4, 0.5) is 21.1 Å². The minimum Gasteiger partial charge on any atom is -0.463 e. The van der Waals surface area contributed by atoms with E-state index in [0.29, 0.717) is 69.4 Å². The molecular formula is C31H42N6O6. The number of rotatable bonds is 8. The maximum Gasteiger partial charge on any atom is 0.410 e. The lowest BCUT2D eigenvalue weighted by molar-refractivity contribution is -0.137. The molecule has 3 heterocycles. The van der Waals surface area contributed by atoms with Crippen molar-refractivity contribution in [2.75, 3.05) is 56.2 Å². The lowest BCUT2D eigenvalue weighted by Gasteiger charge is -2.39. The van der Waals surface area contributed by atoms with Crippen molar-refractivity contribution in [2.24, 2.45) is 0 Å². The third-order valence-corrected chi connectivity index (χ3v) is 6.89. The van der Waals surface area contributed by atoms with Crippen LogP contribution < -0.4 is 15.5 Å². The van der Waals surface area contributed by atoms with Crippen LogP contribution in [0.5, 0.6) is 0 Å². The number of nitrogens with zero attached hydrogens (tertiary/aromatic N) is 4. The Bertz CT molecular complexity index is 1320. The number of hydrogen-bond donors (Lipinski definition) is 2. The summed E-state index contributed by atoms with van der Waals surface area (Å²) in [4.78, 5) is 51.4. The summed E-state index contributed by atoms with van der Waals surface area (Å²) in [6, 6.07) is 6.54. The predicted molar refractivity (Wildman–Crippen MR) is 163 cm³/mol. The van der Waals surface area contributed by atoms with E-state index in [4.69, 9.17) is 24.2 Å². The molecule has 12 heteroatoms. The molecule has 1 atom stereocenters. The standard InChI is InChI=1S/C31H42N6O6/c1-6-32-29(39)33-22-13-11-21(12-14-22)27-34-26-23(28(35-27)36-17-19-41-20-18-36)15-16-37(30(40)43-31(3,4)5)24(26)9-8-10-25(38)42-7-2/h8,10-14,24H,6-7,9,15-20H2,1-5H3,(H2,32,33,39)/b10-8+/t24-/m0/s1. The maximum atomic E-state index is 13.4. The zero-order valence-electron chi connectivity index (χ0n) is 25.6. The second-order valence-electron chi connectivity index (χ2n) is 11.2. The van der Waals surface area contributed by atoms with Crippen LogP contribution in [0.2, 0.25) is 0 Å². The number of morpholine rings is 1. The highest BCUT2D eigenvalue weighted by atomic mass is 16.6. The van der Waals surface area contributed by atoms with Crippen molar-refractivity contribution in [2.45, 2.75) is 59.1 Å². The smallest absolute Gasteiger partial charge is 0.410 e. The van der Waals surface area contributed by atoms with Crippen LogP contribution in [-0.4, -0.2) is 84.6 Å². The van der Waals surface area contributed by atoms with E-state index in [1.807, 2.05) is 39.8 Å². The van der Waals surface area contributed by atoms with Crippen molar-refractivity contribution in [1.29, 1.82) is 0 Å². The largest absolute Gasteiger partial charge is 0.463 e. The summed E-state index contributed by atoms with van der Waals surface area (Å²) in [5.74, 6) is 0.868. The molecule has 2 aromatic rings. The highest BCUT2D eigenvalue weighted by molar-refractivity contribution is 5.89. The monoisotopic (exact) mass is 594 g/mol. The van der Waals surface area contributed by atoms with Gasteiger partial charge in [-0.3, -0.25) is 4.90 Å². The average Bonchev–Trinajstić information content (AvgIpc) is 2.97. The summed E-state index contributed by atoms with van der Waals surface area (Å²) in [5.41, 5.74) is 2.40. The molecule has 3 amide bonds. The van der Waals surface area contributed by atoms with Crippen LogP contribution in [-0.2, 0) is 25.4 Å². The van der Waals surface area contributed by atoms with Gasteiger partial charge in [-0.15, -0.1) is 0 Å². The molecule has 43 heavy (non-hydrogen) atoms. The number of aromatic nitrogens is 2. The van der Waals surface area contributed by atoms with Crippen LogP contribution in [0.3, 0.4) is 0 Å². The van der Waals surface area contributed by atoms with Crippen LogP contribution >= 0.6 is 0 Å². The molecule has 2 aliphatic heterocycles. The van der Waals surface area contributed by atoms with Gasteiger partial charge in [-0.05, 0) is 71.7 Å². The van der Waals surface area contributed by atoms with Crippen LogP contribution in [0.25, 0.3) is 11.4 Å². The summed E-state index contributed by atoms with van der Waals surface area (Å²) in [5, 5.41) is 5.52. The molecule has 232 valence electrons. The number of ether oxygens (including phenoxy) is 3. The van der Waals surface area contributed by atoms with E-state index in [1.54, 1.807) is 30.0 Å². The van der Waals surface area contributed by atoms with E-state index < -0.39 is 23.7 Å². The number of carbonyl (C=O) groups is 3. The van der Waals surface area contributed by atoms with Gasteiger partial charge in [-0.25, -0.2) is 24.4 Å². The number of amides is 3. The summed E-state index contributed by atoms with van der Waals surface area (Å²) in [6.45, 7) is 12.9. The fraction of sp³-hybridized carbons (Fsp3) is 0.516. The van der Waals surface area contributed by atoms with E-state index in [0.717, 1.165) is 16.9 Å². The van der Waals surface area contributed by atoms with Crippen molar-refractivity contribution in [3.05, 3.63) is 47.7 Å². The summed E-state index contributed by atoms with van der Waals surface area (Å²) >= 11 is 0. The van der Waals surface area contributed by atoms with Gasteiger partial charge < -0.3 is 29.7 Å². The third kappa shape index (κ3) is 8.44. The molecule has 12 nitrogen and oxygen atoms in total. The quantitative estimate of drug-likeness (QED) is 0.335. The first kappa shape index (κ1) is 31.7. The van der Waals surface area contributed by atoms with E-state index >= 15 is 0 Å². The lowest BCUT2D eigenvalue weighted by Crippen LogP contribution is -2.45. The zero-order chi connectivity index (χ0) is 31.0. The van der Waals surface area contributed by atoms with Crippen molar-refractivity contribution in [1.82, 2.24) is 20.2 Å². The highest BCUT2D eigenvalue weighted by Crippen LogP contribution is 2.38. The normalized spacial score (nSPS) is 16.9. The average molecular weight is 595 g/mol. The molecule has 0 radical (unpaired) electrons. The fourth-order valence-electron chi connectivity index (χ4n) is 5.01. The number of esters is 1. The Balaban J connectivity index is 1.77. The van der Waals surface area contributed by atoms with Crippen molar-refractivity contribution >= 4 is 29.6 Å². The predicted octanol–water partition coefficient (Wildman–Crippen LogP) is 4.47. The molecule has 1 fully saturated rings. The van der Waals surface area contributed by atoms with E-state index in [9.17, 15) is 14.4 Å². The molecule has 4 rings (SSSR count). The summed E-state index contributed by atoms with van der Waals surface area (Å²) < 4.78 is 16.4. The number of nitrogens with one attached hydrogen (secondary N) is 2. The lowest BCUT2D eigenvalue weighted by atomic mass is 9.94. The molecule has 1 aromatic carbocycles. The fourth-order valence-corrected chi connectivity index (χ4v) is 5.01. The Kier molecular flexibility index (Phi) is 10.6. The number of hydrogen-bond acceptors (Lipinski definition) is 9. The van der Waals surface area contributed by atoms with Gasteiger partial charge in [0.25, 0.3) is 0 Å². The maximum absolute atomic E-state index is 13.4. The molecule has 2 N–H and O–H groups in total. The minimum atomic E-state index is -0.678. The van der Waals surface area contributed by atoms with Gasteiger partial charge in [0.1, 0.15) is 11.4 Å². The molecule has 1 saturated heterocycles. The SMILES string of the molecule is CCNC(=O)Nc1ccc(-c2nc3c(c(N4CCOCC4)n2)CCN(C(=O)OC(C)(C)C)[C@H]3C/C=C/C(=O)OCC)cc1. The Hall–Kier alpha value is -4.19.